The highest BCUT2D eigenvalue weighted by molar-refractivity contribution is 5.38. The minimum Gasteiger partial charge on any atom is -0.496 e. The fraction of sp³-hybridized carbons (Fsp3) is 0.500. The molecular weight excluding hydrogens is 209 g/mol. The van der Waals surface area contributed by atoms with E-state index in [9.17, 15) is 4.39 Å². The van der Waals surface area contributed by atoms with Gasteiger partial charge in [-0.15, -0.1) is 0 Å². The number of hydrogen-bond donors (Lipinski definition) is 1. The van der Waals surface area contributed by atoms with Gasteiger partial charge in [0.05, 0.1) is 19.3 Å². The Hall–Kier alpha value is -1.13. The minimum absolute atomic E-state index is 0.225. The third-order valence-corrected chi connectivity index (χ3v) is 2.43. The molecule has 0 heterocycles. The Morgan fingerprint density at radius 2 is 2.06 bits per heavy atom. The number of benzene rings is 1. The van der Waals surface area contributed by atoms with Gasteiger partial charge in [0.15, 0.2) is 0 Å². The van der Waals surface area contributed by atoms with Crippen molar-refractivity contribution in [1.29, 1.82) is 0 Å². The second kappa shape index (κ2) is 6.45. The molecule has 0 aliphatic carbocycles. The maximum Gasteiger partial charge on any atom is 0.135 e. The number of nitrogens with one attached hydrogen (secondary N) is 1. The Balaban J connectivity index is 3.00. The van der Waals surface area contributed by atoms with Gasteiger partial charge in [0.2, 0.25) is 0 Å². The maximum absolute atomic E-state index is 14.0. The number of halogens is 1. The first-order valence-corrected chi connectivity index (χ1v) is 5.22. The van der Waals surface area contributed by atoms with Gasteiger partial charge >= 0.3 is 0 Å². The van der Waals surface area contributed by atoms with Gasteiger partial charge in [0.1, 0.15) is 11.6 Å². The molecule has 16 heavy (non-hydrogen) atoms. The molecule has 0 unspecified atom stereocenters. The van der Waals surface area contributed by atoms with Crippen molar-refractivity contribution in [3.8, 4) is 5.75 Å². The lowest BCUT2D eigenvalue weighted by Crippen LogP contribution is -2.12. The SMILES string of the molecule is CNCCc1ccc(OC)c(COC)c1F. The molecular formula is C12H18FNO2. The summed E-state index contributed by atoms with van der Waals surface area (Å²) in [7, 11) is 4.91. The number of methoxy groups -OCH3 is 2. The predicted octanol–water partition coefficient (Wildman–Crippen LogP) is 1.74. The Kier molecular flexibility index (Phi) is 5.22. The fourth-order valence-electron chi connectivity index (χ4n) is 1.57. The first-order valence-electron chi connectivity index (χ1n) is 5.22. The summed E-state index contributed by atoms with van der Waals surface area (Å²) in [5.41, 5.74) is 1.17. The molecule has 90 valence electrons. The van der Waals surface area contributed by atoms with E-state index in [0.29, 0.717) is 23.3 Å². The largest absolute Gasteiger partial charge is 0.496 e. The summed E-state index contributed by atoms with van der Waals surface area (Å²) in [4.78, 5) is 0. The highest BCUT2D eigenvalue weighted by Gasteiger charge is 2.13. The number of hydrogen-bond acceptors (Lipinski definition) is 3. The van der Waals surface area contributed by atoms with E-state index in [1.54, 1.807) is 19.2 Å². The Bertz CT molecular complexity index is 342. The van der Waals surface area contributed by atoms with Crippen LogP contribution in [-0.4, -0.2) is 27.8 Å². The molecule has 0 bridgehead atoms. The minimum atomic E-state index is -0.226. The molecule has 0 aromatic heterocycles. The quantitative estimate of drug-likeness (QED) is 0.803. The van der Waals surface area contributed by atoms with Crippen LogP contribution >= 0.6 is 0 Å². The van der Waals surface area contributed by atoms with Crippen molar-refractivity contribution in [2.45, 2.75) is 13.0 Å². The van der Waals surface area contributed by atoms with Crippen molar-refractivity contribution in [3.63, 3.8) is 0 Å². The van der Waals surface area contributed by atoms with E-state index in [4.69, 9.17) is 9.47 Å². The molecule has 1 rings (SSSR count). The van der Waals surface area contributed by atoms with Crippen molar-refractivity contribution >= 4 is 0 Å². The normalized spacial score (nSPS) is 10.5. The summed E-state index contributed by atoms with van der Waals surface area (Å²) in [6.45, 7) is 0.970. The summed E-state index contributed by atoms with van der Waals surface area (Å²) in [6, 6.07) is 3.53. The Morgan fingerprint density at radius 3 is 2.62 bits per heavy atom. The standard InChI is InChI=1S/C12H18FNO2/c1-14-7-6-9-4-5-11(16-3)10(8-15-2)12(9)13/h4-5,14H,6-8H2,1-3H3. The van der Waals surface area contributed by atoms with Crippen LogP contribution in [-0.2, 0) is 17.8 Å². The highest BCUT2D eigenvalue weighted by atomic mass is 19.1. The smallest absolute Gasteiger partial charge is 0.135 e. The van der Waals surface area contributed by atoms with Gasteiger partial charge in [-0.05, 0) is 31.6 Å². The zero-order valence-electron chi connectivity index (χ0n) is 9.97. The molecule has 0 atom stereocenters. The van der Waals surface area contributed by atoms with Gasteiger partial charge in [-0.25, -0.2) is 4.39 Å². The molecule has 0 saturated heterocycles. The van der Waals surface area contributed by atoms with E-state index in [2.05, 4.69) is 5.32 Å². The lowest BCUT2D eigenvalue weighted by molar-refractivity contribution is 0.177. The van der Waals surface area contributed by atoms with Crippen molar-refractivity contribution in [2.24, 2.45) is 0 Å². The maximum atomic E-state index is 14.0. The van der Waals surface area contributed by atoms with E-state index in [-0.39, 0.29) is 12.4 Å². The fourth-order valence-corrected chi connectivity index (χ4v) is 1.57. The van der Waals surface area contributed by atoms with Crippen LogP contribution in [0.3, 0.4) is 0 Å². The molecule has 0 spiro atoms. The number of likely N-dealkylation sites (N-methyl/N-ethyl adjacent to an activating group) is 1. The molecule has 0 aliphatic heterocycles. The molecule has 3 nitrogen and oxygen atoms in total. The van der Waals surface area contributed by atoms with Gasteiger partial charge < -0.3 is 14.8 Å². The molecule has 1 N–H and O–H groups in total. The topological polar surface area (TPSA) is 30.5 Å². The van der Waals surface area contributed by atoms with Crippen molar-refractivity contribution in [2.75, 3.05) is 27.8 Å². The molecule has 0 amide bonds. The summed E-state index contributed by atoms with van der Waals surface area (Å²) in [5.74, 6) is 0.309. The molecule has 0 radical (unpaired) electrons. The third-order valence-electron chi connectivity index (χ3n) is 2.43. The average Bonchev–Trinajstić information content (AvgIpc) is 2.30. The van der Waals surface area contributed by atoms with E-state index >= 15 is 0 Å². The number of ether oxygens (including phenoxy) is 2. The van der Waals surface area contributed by atoms with Crippen LogP contribution in [0.1, 0.15) is 11.1 Å². The molecule has 0 aliphatic rings. The van der Waals surface area contributed by atoms with Crippen LogP contribution in [0.4, 0.5) is 4.39 Å². The lowest BCUT2D eigenvalue weighted by atomic mass is 10.1. The Labute approximate surface area is 95.6 Å². The van der Waals surface area contributed by atoms with Crippen LogP contribution in [0.5, 0.6) is 5.75 Å². The molecule has 0 fully saturated rings. The van der Waals surface area contributed by atoms with E-state index in [1.165, 1.54) is 7.11 Å². The van der Waals surface area contributed by atoms with Crippen molar-refractivity contribution < 1.29 is 13.9 Å². The van der Waals surface area contributed by atoms with Gasteiger partial charge in [0, 0.05) is 7.11 Å². The summed E-state index contributed by atoms with van der Waals surface area (Å²) >= 11 is 0. The molecule has 4 heteroatoms. The molecule has 0 saturated carbocycles. The first-order chi connectivity index (χ1) is 7.74. The van der Waals surface area contributed by atoms with Crippen molar-refractivity contribution in [3.05, 3.63) is 29.1 Å². The highest BCUT2D eigenvalue weighted by Crippen LogP contribution is 2.25. The van der Waals surface area contributed by atoms with Gasteiger partial charge in [0.25, 0.3) is 0 Å². The number of rotatable bonds is 6. The zero-order valence-corrected chi connectivity index (χ0v) is 9.97. The molecule has 1 aromatic rings. The van der Waals surface area contributed by atoms with E-state index in [1.807, 2.05) is 7.05 Å². The third kappa shape index (κ3) is 2.93. The van der Waals surface area contributed by atoms with Gasteiger partial charge in [-0.1, -0.05) is 6.07 Å². The predicted molar refractivity (Wildman–Crippen MR) is 61.3 cm³/mol. The average molecular weight is 227 g/mol. The molecule has 1 aromatic carbocycles. The van der Waals surface area contributed by atoms with E-state index < -0.39 is 0 Å². The van der Waals surface area contributed by atoms with Gasteiger partial charge in [-0.3, -0.25) is 0 Å². The van der Waals surface area contributed by atoms with Gasteiger partial charge in [-0.2, -0.15) is 0 Å². The van der Waals surface area contributed by atoms with E-state index in [0.717, 1.165) is 6.54 Å². The summed E-state index contributed by atoms with van der Waals surface area (Å²) in [6.07, 6.45) is 0.656. The van der Waals surface area contributed by atoms with Crippen LogP contribution in [0.15, 0.2) is 12.1 Å². The first kappa shape index (κ1) is 12.9. The van der Waals surface area contributed by atoms with Crippen LogP contribution in [0.2, 0.25) is 0 Å². The lowest BCUT2D eigenvalue weighted by Gasteiger charge is -2.12. The zero-order chi connectivity index (χ0) is 12.0. The van der Waals surface area contributed by atoms with Crippen LogP contribution in [0, 0.1) is 5.82 Å². The van der Waals surface area contributed by atoms with Crippen LogP contribution < -0.4 is 10.1 Å². The summed E-state index contributed by atoms with van der Waals surface area (Å²) in [5, 5.41) is 2.99. The van der Waals surface area contributed by atoms with Crippen molar-refractivity contribution in [1.82, 2.24) is 5.32 Å². The second-order valence-corrected chi connectivity index (χ2v) is 3.51. The Morgan fingerprint density at radius 1 is 1.31 bits per heavy atom. The second-order valence-electron chi connectivity index (χ2n) is 3.51. The monoisotopic (exact) mass is 227 g/mol. The summed E-state index contributed by atoms with van der Waals surface area (Å²) < 4.78 is 24.1. The van der Waals surface area contributed by atoms with Crippen LogP contribution in [0.25, 0.3) is 0 Å².